The van der Waals surface area contributed by atoms with Crippen molar-refractivity contribution in [1.82, 2.24) is 10.2 Å². The summed E-state index contributed by atoms with van der Waals surface area (Å²) in [6, 6.07) is 8.94. The molecular formula is C14H17N3O2. The number of nitriles is 1. The maximum Gasteiger partial charge on any atom is 0.226 e. The number of nitrogens with zero attached hydrogens (tertiary/aromatic N) is 2. The van der Waals surface area contributed by atoms with Crippen LogP contribution in [0, 0.1) is 11.3 Å². The molecule has 1 N–H and O–H groups in total. The van der Waals surface area contributed by atoms with Gasteiger partial charge >= 0.3 is 0 Å². The zero-order valence-corrected chi connectivity index (χ0v) is 10.8. The molecule has 0 bridgehead atoms. The van der Waals surface area contributed by atoms with Crippen LogP contribution in [-0.2, 0) is 4.79 Å². The van der Waals surface area contributed by atoms with Crippen molar-refractivity contribution in [2.75, 3.05) is 32.8 Å². The number of ether oxygens (including phenoxy) is 1. The Labute approximate surface area is 112 Å². The van der Waals surface area contributed by atoms with Crippen molar-refractivity contribution in [2.45, 2.75) is 6.42 Å². The first-order valence-electron chi connectivity index (χ1n) is 6.41. The second-order valence-electron chi connectivity index (χ2n) is 4.37. The molecule has 2 rings (SSSR count). The summed E-state index contributed by atoms with van der Waals surface area (Å²) >= 11 is 0. The zero-order chi connectivity index (χ0) is 13.5. The molecule has 0 atom stereocenters. The molecule has 0 unspecified atom stereocenters. The first kappa shape index (κ1) is 13.4. The molecule has 1 aliphatic heterocycles. The number of rotatable bonds is 4. The van der Waals surface area contributed by atoms with E-state index < -0.39 is 0 Å². The number of benzene rings is 1. The van der Waals surface area contributed by atoms with Crippen LogP contribution in [0.25, 0.3) is 0 Å². The van der Waals surface area contributed by atoms with Gasteiger partial charge in [-0.25, -0.2) is 0 Å². The van der Waals surface area contributed by atoms with E-state index >= 15 is 0 Å². The molecule has 0 aromatic heterocycles. The number of carbonyl (C=O) groups is 1. The van der Waals surface area contributed by atoms with Crippen LogP contribution in [0.1, 0.15) is 12.0 Å². The molecule has 0 aliphatic carbocycles. The fourth-order valence-electron chi connectivity index (χ4n) is 1.95. The summed E-state index contributed by atoms with van der Waals surface area (Å²) in [6.07, 6.45) is 0.389. The van der Waals surface area contributed by atoms with Crippen LogP contribution in [0.3, 0.4) is 0 Å². The minimum absolute atomic E-state index is 0.134. The SMILES string of the molecule is N#Cc1ccc(OCCC(=O)N2CCNCC2)cc1. The molecule has 0 spiro atoms. The predicted molar refractivity (Wildman–Crippen MR) is 70.7 cm³/mol. The van der Waals surface area contributed by atoms with Gasteiger partial charge in [0.15, 0.2) is 0 Å². The molecule has 1 aromatic rings. The van der Waals surface area contributed by atoms with Gasteiger partial charge in [0.25, 0.3) is 0 Å². The van der Waals surface area contributed by atoms with Gasteiger partial charge in [-0.1, -0.05) is 0 Å². The van der Waals surface area contributed by atoms with Crippen LogP contribution in [-0.4, -0.2) is 43.6 Å². The van der Waals surface area contributed by atoms with E-state index in [2.05, 4.69) is 5.32 Å². The van der Waals surface area contributed by atoms with Crippen LogP contribution in [0.15, 0.2) is 24.3 Å². The quantitative estimate of drug-likeness (QED) is 0.867. The lowest BCUT2D eigenvalue weighted by molar-refractivity contribution is -0.132. The van der Waals surface area contributed by atoms with Crippen molar-refractivity contribution >= 4 is 5.91 Å². The first-order valence-corrected chi connectivity index (χ1v) is 6.41. The fraction of sp³-hybridized carbons (Fsp3) is 0.429. The van der Waals surface area contributed by atoms with Crippen LogP contribution in [0.5, 0.6) is 5.75 Å². The number of hydrogen-bond acceptors (Lipinski definition) is 4. The van der Waals surface area contributed by atoms with E-state index in [4.69, 9.17) is 10.00 Å². The van der Waals surface area contributed by atoms with Crippen LogP contribution in [0.2, 0.25) is 0 Å². The molecule has 100 valence electrons. The number of hydrogen-bond donors (Lipinski definition) is 1. The van der Waals surface area contributed by atoms with Crippen molar-refractivity contribution in [2.24, 2.45) is 0 Å². The summed E-state index contributed by atoms with van der Waals surface area (Å²) in [7, 11) is 0. The smallest absolute Gasteiger partial charge is 0.226 e. The van der Waals surface area contributed by atoms with E-state index in [-0.39, 0.29) is 5.91 Å². The minimum atomic E-state index is 0.134. The summed E-state index contributed by atoms with van der Waals surface area (Å²) in [5.41, 5.74) is 0.601. The normalized spacial score (nSPS) is 14.8. The van der Waals surface area contributed by atoms with Gasteiger partial charge < -0.3 is 15.0 Å². The molecule has 1 heterocycles. The van der Waals surface area contributed by atoms with Gasteiger partial charge in [-0.2, -0.15) is 5.26 Å². The van der Waals surface area contributed by atoms with E-state index in [1.54, 1.807) is 24.3 Å². The third-order valence-electron chi connectivity index (χ3n) is 3.04. The lowest BCUT2D eigenvalue weighted by atomic mass is 10.2. The summed E-state index contributed by atoms with van der Waals surface area (Å²) in [5.74, 6) is 0.822. The van der Waals surface area contributed by atoms with Crippen molar-refractivity contribution < 1.29 is 9.53 Å². The van der Waals surface area contributed by atoms with E-state index in [1.165, 1.54) is 0 Å². The number of piperazine rings is 1. The van der Waals surface area contributed by atoms with Gasteiger partial charge in [0.1, 0.15) is 5.75 Å². The molecule has 5 nitrogen and oxygen atoms in total. The van der Waals surface area contributed by atoms with Gasteiger partial charge in [0.2, 0.25) is 5.91 Å². The molecular weight excluding hydrogens is 242 g/mol. The topological polar surface area (TPSA) is 65.4 Å². The number of carbonyl (C=O) groups excluding carboxylic acids is 1. The monoisotopic (exact) mass is 259 g/mol. The average Bonchev–Trinajstić information content (AvgIpc) is 2.49. The highest BCUT2D eigenvalue weighted by Gasteiger charge is 2.15. The molecule has 0 saturated carbocycles. The Morgan fingerprint density at radius 2 is 2.00 bits per heavy atom. The standard InChI is InChI=1S/C14H17N3O2/c15-11-12-1-3-13(4-2-12)19-10-5-14(18)17-8-6-16-7-9-17/h1-4,16H,5-10H2. The molecule has 1 aromatic carbocycles. The lowest BCUT2D eigenvalue weighted by Gasteiger charge is -2.27. The van der Waals surface area contributed by atoms with Gasteiger partial charge in [-0.3, -0.25) is 4.79 Å². The Bertz CT molecular complexity index is 459. The lowest BCUT2D eigenvalue weighted by Crippen LogP contribution is -2.46. The van der Waals surface area contributed by atoms with Gasteiger partial charge in [0, 0.05) is 26.2 Å². The molecule has 5 heteroatoms. The zero-order valence-electron chi connectivity index (χ0n) is 10.8. The largest absolute Gasteiger partial charge is 0.493 e. The highest BCUT2D eigenvalue weighted by molar-refractivity contribution is 5.76. The summed E-state index contributed by atoms with van der Waals surface area (Å²) in [4.78, 5) is 13.7. The Kier molecular flexibility index (Phi) is 4.76. The van der Waals surface area contributed by atoms with Gasteiger partial charge in [-0.15, -0.1) is 0 Å². The van der Waals surface area contributed by atoms with E-state index in [9.17, 15) is 4.79 Å². The van der Waals surface area contributed by atoms with E-state index in [0.717, 1.165) is 26.2 Å². The summed E-state index contributed by atoms with van der Waals surface area (Å²) in [6.45, 7) is 3.64. The van der Waals surface area contributed by atoms with Crippen LogP contribution in [0.4, 0.5) is 0 Å². The molecule has 1 fully saturated rings. The van der Waals surface area contributed by atoms with E-state index in [0.29, 0.717) is 24.3 Å². The molecule has 19 heavy (non-hydrogen) atoms. The molecule has 0 radical (unpaired) electrons. The van der Waals surface area contributed by atoms with Crippen LogP contribution < -0.4 is 10.1 Å². The second kappa shape index (κ2) is 6.76. The Balaban J connectivity index is 1.73. The first-order chi connectivity index (χ1) is 9.29. The van der Waals surface area contributed by atoms with Crippen molar-refractivity contribution in [3.8, 4) is 11.8 Å². The fourth-order valence-corrected chi connectivity index (χ4v) is 1.95. The van der Waals surface area contributed by atoms with E-state index in [1.807, 2.05) is 11.0 Å². The van der Waals surface area contributed by atoms with Gasteiger partial charge in [-0.05, 0) is 24.3 Å². The average molecular weight is 259 g/mol. The summed E-state index contributed by atoms with van der Waals surface area (Å²) < 4.78 is 5.49. The predicted octanol–water partition coefficient (Wildman–Crippen LogP) is 0.759. The van der Waals surface area contributed by atoms with Gasteiger partial charge in [0.05, 0.1) is 24.7 Å². The summed E-state index contributed by atoms with van der Waals surface area (Å²) in [5, 5.41) is 11.9. The molecule has 1 saturated heterocycles. The minimum Gasteiger partial charge on any atom is -0.493 e. The second-order valence-corrected chi connectivity index (χ2v) is 4.37. The molecule has 1 aliphatic rings. The maximum atomic E-state index is 11.9. The van der Waals surface area contributed by atoms with Crippen LogP contribution >= 0.6 is 0 Å². The Hall–Kier alpha value is -2.06. The van der Waals surface area contributed by atoms with Crippen molar-refractivity contribution in [3.05, 3.63) is 29.8 Å². The highest BCUT2D eigenvalue weighted by atomic mass is 16.5. The highest BCUT2D eigenvalue weighted by Crippen LogP contribution is 2.12. The number of amides is 1. The number of nitrogens with one attached hydrogen (secondary N) is 1. The molecule has 1 amide bonds. The maximum absolute atomic E-state index is 11.9. The van der Waals surface area contributed by atoms with Crippen molar-refractivity contribution in [1.29, 1.82) is 5.26 Å². The third kappa shape index (κ3) is 3.97. The van der Waals surface area contributed by atoms with Crippen molar-refractivity contribution in [3.63, 3.8) is 0 Å². The Morgan fingerprint density at radius 3 is 2.63 bits per heavy atom. The Morgan fingerprint density at radius 1 is 1.32 bits per heavy atom. The third-order valence-corrected chi connectivity index (χ3v) is 3.04.